The standard InChI is InChI=1S/C13H20N2O2S.ClH/c1-10-11-4-8-18-12(11)3-6-15(10)13(16)9-14-5-7-17-2;/h4,8,10,14H,3,5-7,9H2,1-2H3;1H. The summed E-state index contributed by atoms with van der Waals surface area (Å²) in [4.78, 5) is 15.5. The molecule has 2 rings (SSSR count). The lowest BCUT2D eigenvalue weighted by Crippen LogP contribution is -2.43. The number of rotatable bonds is 5. The SMILES string of the molecule is COCCNCC(=O)N1CCc2sccc2C1C.Cl. The molecule has 1 aliphatic rings. The van der Waals surface area contributed by atoms with Crippen molar-refractivity contribution in [3.05, 3.63) is 21.9 Å². The molecule has 1 atom stereocenters. The Hall–Kier alpha value is -0.620. The topological polar surface area (TPSA) is 41.6 Å². The second-order valence-electron chi connectivity index (χ2n) is 4.48. The van der Waals surface area contributed by atoms with Gasteiger partial charge in [0.15, 0.2) is 0 Å². The Morgan fingerprint density at radius 1 is 1.63 bits per heavy atom. The van der Waals surface area contributed by atoms with Crippen LogP contribution < -0.4 is 5.32 Å². The summed E-state index contributed by atoms with van der Waals surface area (Å²) in [5.41, 5.74) is 1.32. The molecule has 0 aromatic carbocycles. The quantitative estimate of drug-likeness (QED) is 0.844. The fraction of sp³-hybridized carbons (Fsp3) is 0.615. The molecule has 0 saturated heterocycles. The Kier molecular flexibility index (Phi) is 6.79. The molecule has 1 amide bonds. The van der Waals surface area contributed by atoms with Crippen LogP contribution in [0.25, 0.3) is 0 Å². The molecule has 1 aromatic rings. The van der Waals surface area contributed by atoms with Crippen LogP contribution in [-0.4, -0.2) is 44.2 Å². The highest BCUT2D eigenvalue weighted by atomic mass is 35.5. The van der Waals surface area contributed by atoms with Gasteiger partial charge >= 0.3 is 0 Å². The average molecular weight is 305 g/mol. The van der Waals surface area contributed by atoms with E-state index in [1.54, 1.807) is 18.4 Å². The number of hydrogen-bond acceptors (Lipinski definition) is 4. The largest absolute Gasteiger partial charge is 0.383 e. The number of ether oxygens (including phenoxy) is 1. The van der Waals surface area contributed by atoms with Crippen molar-refractivity contribution < 1.29 is 9.53 Å². The number of fused-ring (bicyclic) bond motifs is 1. The molecular formula is C13H21ClN2O2S. The number of hydrogen-bond donors (Lipinski definition) is 1. The first-order chi connectivity index (χ1) is 8.74. The second kappa shape index (κ2) is 7.85. The molecule has 1 aliphatic heterocycles. The molecule has 2 heterocycles. The summed E-state index contributed by atoms with van der Waals surface area (Å²) in [5, 5.41) is 5.23. The van der Waals surface area contributed by atoms with E-state index in [-0.39, 0.29) is 24.4 Å². The maximum atomic E-state index is 12.1. The minimum absolute atomic E-state index is 0. The molecule has 6 heteroatoms. The van der Waals surface area contributed by atoms with Gasteiger partial charge in [-0.25, -0.2) is 0 Å². The summed E-state index contributed by atoms with van der Waals surface area (Å²) in [5.74, 6) is 0.176. The Morgan fingerprint density at radius 3 is 3.16 bits per heavy atom. The molecule has 19 heavy (non-hydrogen) atoms. The van der Waals surface area contributed by atoms with Gasteiger partial charge in [-0.1, -0.05) is 0 Å². The predicted octanol–water partition coefficient (Wildman–Crippen LogP) is 1.85. The van der Waals surface area contributed by atoms with Gasteiger partial charge in [0.25, 0.3) is 0 Å². The van der Waals surface area contributed by atoms with Crippen molar-refractivity contribution in [1.29, 1.82) is 0 Å². The number of amides is 1. The van der Waals surface area contributed by atoms with Gasteiger partial charge < -0.3 is 15.0 Å². The normalized spacial score (nSPS) is 17.8. The first-order valence-corrected chi connectivity index (χ1v) is 7.17. The van der Waals surface area contributed by atoms with Gasteiger partial charge in [0.05, 0.1) is 19.2 Å². The monoisotopic (exact) mass is 304 g/mol. The predicted molar refractivity (Wildman–Crippen MR) is 80.1 cm³/mol. The molecule has 1 N–H and O–H groups in total. The fourth-order valence-electron chi connectivity index (χ4n) is 2.32. The molecule has 0 aliphatic carbocycles. The lowest BCUT2D eigenvalue weighted by atomic mass is 10.0. The number of nitrogens with one attached hydrogen (secondary N) is 1. The summed E-state index contributed by atoms with van der Waals surface area (Å²) in [6.07, 6.45) is 0.987. The fourth-order valence-corrected chi connectivity index (χ4v) is 3.28. The van der Waals surface area contributed by atoms with Gasteiger partial charge in [0.2, 0.25) is 5.91 Å². The number of nitrogens with zero attached hydrogens (tertiary/aromatic N) is 1. The zero-order valence-electron chi connectivity index (χ0n) is 11.3. The van der Waals surface area contributed by atoms with E-state index in [4.69, 9.17) is 4.74 Å². The van der Waals surface area contributed by atoms with Gasteiger partial charge in [0.1, 0.15) is 0 Å². The molecule has 4 nitrogen and oxygen atoms in total. The van der Waals surface area contributed by atoms with Crippen molar-refractivity contribution in [1.82, 2.24) is 10.2 Å². The third-order valence-corrected chi connectivity index (χ3v) is 4.35. The summed E-state index contributed by atoms with van der Waals surface area (Å²) in [6, 6.07) is 2.35. The van der Waals surface area contributed by atoms with Crippen LogP contribution in [0.1, 0.15) is 23.4 Å². The highest BCUT2D eigenvalue weighted by Gasteiger charge is 2.27. The first kappa shape index (κ1) is 16.4. The summed E-state index contributed by atoms with van der Waals surface area (Å²) >= 11 is 1.80. The summed E-state index contributed by atoms with van der Waals surface area (Å²) in [6.45, 7) is 4.69. The third-order valence-electron chi connectivity index (χ3n) is 3.36. The van der Waals surface area contributed by atoms with Gasteiger partial charge in [-0.05, 0) is 30.4 Å². The van der Waals surface area contributed by atoms with Crippen LogP contribution in [0.3, 0.4) is 0 Å². The van der Waals surface area contributed by atoms with Gasteiger partial charge in [-0.15, -0.1) is 23.7 Å². The Bertz CT molecular complexity index is 411. The first-order valence-electron chi connectivity index (χ1n) is 6.29. The van der Waals surface area contributed by atoms with Gasteiger partial charge in [-0.3, -0.25) is 4.79 Å². The van der Waals surface area contributed by atoms with E-state index in [0.717, 1.165) is 13.0 Å². The summed E-state index contributed by atoms with van der Waals surface area (Å²) < 4.78 is 4.94. The zero-order valence-corrected chi connectivity index (χ0v) is 13.0. The van der Waals surface area contributed by atoms with Gasteiger partial charge in [-0.2, -0.15) is 0 Å². The highest BCUT2D eigenvalue weighted by Crippen LogP contribution is 2.32. The second-order valence-corrected chi connectivity index (χ2v) is 5.48. The van der Waals surface area contributed by atoms with Crippen molar-refractivity contribution in [3.8, 4) is 0 Å². The lowest BCUT2D eigenvalue weighted by Gasteiger charge is -2.33. The average Bonchev–Trinajstić information content (AvgIpc) is 2.84. The van der Waals surface area contributed by atoms with Crippen LogP contribution in [0.2, 0.25) is 0 Å². The zero-order chi connectivity index (χ0) is 13.0. The molecule has 0 bridgehead atoms. The van der Waals surface area contributed by atoms with Gasteiger partial charge in [0, 0.05) is 25.1 Å². The Balaban J connectivity index is 0.00000180. The van der Waals surface area contributed by atoms with E-state index in [0.29, 0.717) is 19.7 Å². The Morgan fingerprint density at radius 2 is 2.42 bits per heavy atom. The third kappa shape index (κ3) is 3.92. The molecule has 0 saturated carbocycles. The van der Waals surface area contributed by atoms with Crippen LogP contribution in [-0.2, 0) is 16.0 Å². The molecule has 0 spiro atoms. The number of thiophene rings is 1. The van der Waals surface area contributed by atoms with Crippen LogP contribution in [0.15, 0.2) is 11.4 Å². The maximum absolute atomic E-state index is 12.1. The van der Waals surface area contributed by atoms with E-state index in [1.165, 1.54) is 10.4 Å². The molecule has 1 unspecified atom stereocenters. The van der Waals surface area contributed by atoms with Crippen molar-refractivity contribution in [2.75, 3.05) is 33.4 Å². The lowest BCUT2D eigenvalue weighted by molar-refractivity contribution is -0.132. The van der Waals surface area contributed by atoms with Crippen LogP contribution in [0.5, 0.6) is 0 Å². The van der Waals surface area contributed by atoms with Crippen molar-refractivity contribution in [2.24, 2.45) is 0 Å². The molecule has 0 fully saturated rings. The smallest absolute Gasteiger partial charge is 0.237 e. The van der Waals surface area contributed by atoms with E-state index in [2.05, 4.69) is 23.7 Å². The minimum Gasteiger partial charge on any atom is -0.383 e. The van der Waals surface area contributed by atoms with Crippen LogP contribution in [0.4, 0.5) is 0 Å². The van der Waals surface area contributed by atoms with E-state index in [9.17, 15) is 4.79 Å². The minimum atomic E-state index is 0. The van der Waals surface area contributed by atoms with Crippen molar-refractivity contribution in [2.45, 2.75) is 19.4 Å². The molecule has 0 radical (unpaired) electrons. The van der Waals surface area contributed by atoms with Crippen molar-refractivity contribution >= 4 is 29.7 Å². The highest BCUT2D eigenvalue weighted by molar-refractivity contribution is 7.10. The van der Waals surface area contributed by atoms with E-state index in [1.807, 2.05) is 4.90 Å². The number of carbonyl (C=O) groups excluding carboxylic acids is 1. The van der Waals surface area contributed by atoms with E-state index >= 15 is 0 Å². The molecule has 108 valence electrons. The van der Waals surface area contributed by atoms with Crippen LogP contribution in [0, 0.1) is 0 Å². The number of halogens is 1. The number of methoxy groups -OCH3 is 1. The van der Waals surface area contributed by atoms with Crippen molar-refractivity contribution in [3.63, 3.8) is 0 Å². The summed E-state index contributed by atoms with van der Waals surface area (Å²) in [7, 11) is 1.66. The molecule has 1 aromatic heterocycles. The van der Waals surface area contributed by atoms with E-state index < -0.39 is 0 Å². The van der Waals surface area contributed by atoms with Crippen LogP contribution >= 0.6 is 23.7 Å². The number of carbonyl (C=O) groups is 1. The molecular weight excluding hydrogens is 284 g/mol. The Labute approximate surface area is 124 Å². The maximum Gasteiger partial charge on any atom is 0.237 e.